The zero-order valence-electron chi connectivity index (χ0n) is 9.89. The van der Waals surface area contributed by atoms with Crippen LogP contribution in [-0.4, -0.2) is 45.4 Å². The molecule has 0 aromatic heterocycles. The fourth-order valence-electron chi connectivity index (χ4n) is 0.129. The minimum atomic E-state index is -1.82. The summed E-state index contributed by atoms with van der Waals surface area (Å²) in [7, 11) is -1.82. The average Bonchev–Trinajstić information content (AvgIpc) is 1.98. The molecule has 0 amide bonds. The van der Waals surface area contributed by atoms with Gasteiger partial charge in [0, 0.05) is 0 Å². The summed E-state index contributed by atoms with van der Waals surface area (Å²) in [6, 6.07) is 0. The van der Waals surface area contributed by atoms with Crippen LogP contribution in [0.1, 0.15) is 34.6 Å². The lowest BCUT2D eigenvalue weighted by molar-refractivity contribution is -0.230. The summed E-state index contributed by atoms with van der Waals surface area (Å²) in [5.41, 5.74) is -2.01. The Bertz CT molecular complexity index is 136. The highest BCUT2D eigenvalue weighted by Gasteiger charge is 2.31. The van der Waals surface area contributed by atoms with E-state index in [1.807, 2.05) is 0 Å². The first kappa shape index (κ1) is 17.2. The average molecular weight is 224 g/mol. The first-order valence-electron chi connectivity index (χ1n) is 4.61. The molecular formula is C8H21BO6. The van der Waals surface area contributed by atoms with E-state index < -0.39 is 18.5 Å². The van der Waals surface area contributed by atoms with Gasteiger partial charge in [0.15, 0.2) is 0 Å². The molecule has 4 N–H and O–H groups in total. The third-order valence-corrected chi connectivity index (χ3v) is 1.77. The smallest absolute Gasteiger partial charge is 0.400 e. The van der Waals surface area contributed by atoms with E-state index in [4.69, 9.17) is 20.3 Å². The SMILES string of the molecule is CC(C)(O)C(C)(C)O.CCOOB(O)O. The van der Waals surface area contributed by atoms with Gasteiger partial charge in [0.05, 0.1) is 17.8 Å². The second-order valence-electron chi connectivity index (χ2n) is 3.95. The van der Waals surface area contributed by atoms with Crippen molar-refractivity contribution in [2.45, 2.75) is 45.8 Å². The molecule has 0 atom stereocenters. The highest BCUT2D eigenvalue weighted by Crippen LogP contribution is 2.19. The molecule has 0 radical (unpaired) electrons. The third-order valence-electron chi connectivity index (χ3n) is 1.77. The Morgan fingerprint density at radius 3 is 1.40 bits per heavy atom. The number of aliphatic hydroxyl groups is 2. The first-order chi connectivity index (χ1) is 6.52. The van der Waals surface area contributed by atoms with Crippen LogP contribution in [-0.2, 0) is 9.69 Å². The van der Waals surface area contributed by atoms with E-state index in [2.05, 4.69) is 9.69 Å². The number of hydrogen-bond acceptors (Lipinski definition) is 6. The molecule has 92 valence electrons. The van der Waals surface area contributed by atoms with E-state index in [-0.39, 0.29) is 0 Å². The molecule has 0 spiro atoms. The Morgan fingerprint density at radius 2 is 1.33 bits per heavy atom. The summed E-state index contributed by atoms with van der Waals surface area (Å²) in [6.45, 7) is 8.28. The van der Waals surface area contributed by atoms with E-state index in [1.165, 1.54) is 0 Å². The Kier molecular flexibility index (Phi) is 8.22. The van der Waals surface area contributed by atoms with Crippen LogP contribution < -0.4 is 0 Å². The molecule has 0 aliphatic carbocycles. The Balaban J connectivity index is 0. The van der Waals surface area contributed by atoms with Gasteiger partial charge in [0.2, 0.25) is 0 Å². The van der Waals surface area contributed by atoms with Crippen LogP contribution in [0.2, 0.25) is 0 Å². The van der Waals surface area contributed by atoms with Gasteiger partial charge in [-0.2, -0.15) is 0 Å². The third kappa shape index (κ3) is 11.8. The molecule has 0 rings (SSSR count). The van der Waals surface area contributed by atoms with Crippen molar-refractivity contribution >= 4 is 7.32 Å². The Hall–Kier alpha value is -0.175. The second-order valence-corrected chi connectivity index (χ2v) is 3.95. The van der Waals surface area contributed by atoms with Crippen molar-refractivity contribution in [2.75, 3.05) is 6.61 Å². The zero-order chi connectivity index (χ0) is 12.7. The normalized spacial score (nSPS) is 11.8. The van der Waals surface area contributed by atoms with Gasteiger partial charge < -0.3 is 20.3 Å². The molecule has 15 heavy (non-hydrogen) atoms. The molecule has 0 aliphatic rings. The number of hydrogen-bond donors (Lipinski definition) is 4. The summed E-state index contributed by atoms with van der Waals surface area (Å²) in [6.07, 6.45) is 0. The Labute approximate surface area is 90.6 Å². The molecule has 0 aromatic carbocycles. The van der Waals surface area contributed by atoms with E-state index in [1.54, 1.807) is 34.6 Å². The topological polar surface area (TPSA) is 99.4 Å². The maximum Gasteiger partial charge on any atom is 0.662 e. The van der Waals surface area contributed by atoms with Crippen LogP contribution in [0.4, 0.5) is 0 Å². The molecule has 0 heterocycles. The Morgan fingerprint density at radius 1 is 1.00 bits per heavy atom. The van der Waals surface area contributed by atoms with Crippen molar-refractivity contribution in [3.8, 4) is 0 Å². The summed E-state index contributed by atoms with van der Waals surface area (Å²) in [5.74, 6) is 0. The monoisotopic (exact) mass is 224 g/mol. The van der Waals surface area contributed by atoms with Crippen molar-refractivity contribution in [1.29, 1.82) is 0 Å². The van der Waals surface area contributed by atoms with Gasteiger partial charge in [0.25, 0.3) is 0 Å². The van der Waals surface area contributed by atoms with Gasteiger partial charge in [-0.15, -0.1) is 0 Å². The maximum atomic E-state index is 9.10. The van der Waals surface area contributed by atoms with Crippen molar-refractivity contribution in [3.63, 3.8) is 0 Å². The standard InChI is InChI=1S/C6H14O2.C2H7BO4/c1-5(2,7)6(3,4)8;1-2-6-7-3(4)5/h7-8H,1-4H3;4-5H,2H2,1H3. The molecule has 0 bridgehead atoms. The predicted octanol–water partition coefficient (Wildman–Crippen LogP) is -0.548. The first-order valence-corrected chi connectivity index (χ1v) is 4.61. The van der Waals surface area contributed by atoms with Crippen LogP contribution in [0, 0.1) is 0 Å². The van der Waals surface area contributed by atoms with Crippen molar-refractivity contribution < 1.29 is 30.0 Å². The molecule has 0 fully saturated rings. The van der Waals surface area contributed by atoms with E-state index in [0.717, 1.165) is 0 Å². The van der Waals surface area contributed by atoms with Crippen LogP contribution in [0.5, 0.6) is 0 Å². The lowest BCUT2D eigenvalue weighted by Crippen LogP contribution is -2.44. The van der Waals surface area contributed by atoms with Gasteiger partial charge in [0.1, 0.15) is 0 Å². The summed E-state index contributed by atoms with van der Waals surface area (Å²) < 4.78 is 0. The van der Waals surface area contributed by atoms with Crippen LogP contribution in [0.3, 0.4) is 0 Å². The lowest BCUT2D eigenvalue weighted by atomic mass is 9.90. The van der Waals surface area contributed by atoms with Crippen molar-refractivity contribution in [1.82, 2.24) is 0 Å². The highest BCUT2D eigenvalue weighted by molar-refractivity contribution is 6.32. The molecule has 0 saturated heterocycles. The van der Waals surface area contributed by atoms with Gasteiger partial charge in [-0.1, -0.05) is 0 Å². The molecule has 0 aromatic rings. The second kappa shape index (κ2) is 7.16. The van der Waals surface area contributed by atoms with Gasteiger partial charge >= 0.3 is 7.32 Å². The summed E-state index contributed by atoms with van der Waals surface area (Å²) >= 11 is 0. The molecule has 0 aliphatic heterocycles. The van der Waals surface area contributed by atoms with Crippen molar-refractivity contribution in [2.24, 2.45) is 0 Å². The van der Waals surface area contributed by atoms with E-state index >= 15 is 0 Å². The minimum absolute atomic E-state index is 0.303. The predicted molar refractivity (Wildman–Crippen MR) is 55.5 cm³/mol. The van der Waals surface area contributed by atoms with Gasteiger partial charge in [-0.3, -0.25) is 0 Å². The maximum absolute atomic E-state index is 9.10. The zero-order valence-corrected chi connectivity index (χ0v) is 9.89. The molecule has 0 saturated carbocycles. The quantitative estimate of drug-likeness (QED) is 0.290. The molecule has 7 heteroatoms. The lowest BCUT2D eigenvalue weighted by Gasteiger charge is -2.31. The molecule has 0 unspecified atom stereocenters. The summed E-state index contributed by atoms with van der Waals surface area (Å²) in [4.78, 5) is 7.90. The van der Waals surface area contributed by atoms with Crippen LogP contribution in [0.15, 0.2) is 0 Å². The van der Waals surface area contributed by atoms with Crippen LogP contribution in [0.25, 0.3) is 0 Å². The molecular weight excluding hydrogens is 203 g/mol. The fraction of sp³-hybridized carbons (Fsp3) is 1.00. The fourth-order valence-corrected chi connectivity index (χ4v) is 0.129. The van der Waals surface area contributed by atoms with Crippen LogP contribution >= 0.6 is 0 Å². The van der Waals surface area contributed by atoms with E-state index in [9.17, 15) is 0 Å². The largest absolute Gasteiger partial charge is 0.662 e. The molecule has 6 nitrogen and oxygen atoms in total. The van der Waals surface area contributed by atoms with E-state index in [0.29, 0.717) is 6.61 Å². The van der Waals surface area contributed by atoms with Gasteiger partial charge in [-0.25, -0.2) is 9.69 Å². The minimum Gasteiger partial charge on any atom is -0.400 e. The summed E-state index contributed by atoms with van der Waals surface area (Å²) in [5, 5.41) is 34.0. The highest BCUT2D eigenvalue weighted by atomic mass is 17.2. The number of rotatable bonds is 4. The van der Waals surface area contributed by atoms with Gasteiger partial charge in [-0.05, 0) is 34.6 Å². The van der Waals surface area contributed by atoms with Crippen molar-refractivity contribution in [3.05, 3.63) is 0 Å².